The minimum absolute atomic E-state index is 0.282. The third-order valence-corrected chi connectivity index (χ3v) is 2.07. The Morgan fingerprint density at radius 3 is 1.88 bits per heavy atom. The molecule has 2 aromatic carbocycles. The van der Waals surface area contributed by atoms with E-state index in [9.17, 15) is 4.39 Å². The molecule has 16 heavy (non-hydrogen) atoms. The second-order valence-corrected chi connectivity index (χ2v) is 3.22. The summed E-state index contributed by atoms with van der Waals surface area (Å²) >= 11 is 0. The van der Waals surface area contributed by atoms with E-state index in [1.807, 2.05) is 0 Å². The van der Waals surface area contributed by atoms with E-state index in [2.05, 4.69) is 5.92 Å². The summed E-state index contributed by atoms with van der Waals surface area (Å²) in [6.45, 7) is 0. The summed E-state index contributed by atoms with van der Waals surface area (Å²) in [6, 6.07) is 13.0. The van der Waals surface area contributed by atoms with Crippen molar-refractivity contribution in [2.75, 3.05) is 0 Å². The Balaban J connectivity index is 2.15. The van der Waals surface area contributed by atoms with Gasteiger partial charge in [-0.3, -0.25) is 0 Å². The molecule has 0 aromatic heterocycles. The Labute approximate surface area is 93.5 Å². The first-order valence-corrected chi connectivity index (χ1v) is 4.78. The molecule has 1 nitrogen and oxygen atoms in total. The van der Waals surface area contributed by atoms with E-state index in [0.717, 1.165) is 5.56 Å². The number of halogens is 1. The van der Waals surface area contributed by atoms with Crippen LogP contribution in [0, 0.1) is 18.2 Å². The lowest BCUT2D eigenvalue weighted by Crippen LogP contribution is -1.84. The van der Waals surface area contributed by atoms with Gasteiger partial charge < -0.3 is 4.74 Å². The molecule has 0 fully saturated rings. The Kier molecular flexibility index (Phi) is 2.88. The number of rotatable bonds is 2. The van der Waals surface area contributed by atoms with Crippen LogP contribution in [0.5, 0.6) is 11.5 Å². The van der Waals surface area contributed by atoms with Crippen molar-refractivity contribution in [3.8, 4) is 23.8 Å². The van der Waals surface area contributed by atoms with Gasteiger partial charge in [0.25, 0.3) is 0 Å². The van der Waals surface area contributed by atoms with Gasteiger partial charge in [0.2, 0.25) is 0 Å². The van der Waals surface area contributed by atoms with E-state index in [-0.39, 0.29) is 5.82 Å². The molecule has 0 spiro atoms. The molecule has 2 rings (SSSR count). The van der Waals surface area contributed by atoms with Crippen LogP contribution < -0.4 is 4.74 Å². The van der Waals surface area contributed by atoms with Crippen LogP contribution in [0.1, 0.15) is 5.56 Å². The molecule has 78 valence electrons. The molecule has 0 N–H and O–H groups in total. The SMILES string of the molecule is C#Cc1ccc(Oc2ccc(F)cc2)cc1. The number of benzene rings is 2. The Bertz CT molecular complexity index is 506. The van der Waals surface area contributed by atoms with E-state index in [0.29, 0.717) is 11.5 Å². The normalized spacial score (nSPS) is 9.50. The fourth-order valence-electron chi connectivity index (χ4n) is 1.26. The minimum atomic E-state index is -0.282. The fourth-order valence-corrected chi connectivity index (χ4v) is 1.26. The lowest BCUT2D eigenvalue weighted by atomic mass is 10.2. The van der Waals surface area contributed by atoms with Crippen molar-refractivity contribution in [1.82, 2.24) is 0 Å². The third kappa shape index (κ3) is 2.40. The molecule has 0 aliphatic carbocycles. The fraction of sp³-hybridized carbons (Fsp3) is 0. The maximum atomic E-state index is 12.6. The van der Waals surface area contributed by atoms with Crippen LogP contribution in [0.4, 0.5) is 4.39 Å². The molecular formula is C14H9FO. The van der Waals surface area contributed by atoms with Crippen LogP contribution in [-0.2, 0) is 0 Å². The lowest BCUT2D eigenvalue weighted by Gasteiger charge is -2.05. The number of ether oxygens (including phenoxy) is 1. The first kappa shape index (κ1) is 10.3. The highest BCUT2D eigenvalue weighted by molar-refractivity contribution is 5.38. The first-order chi connectivity index (χ1) is 7.78. The van der Waals surface area contributed by atoms with Crippen molar-refractivity contribution in [3.63, 3.8) is 0 Å². The summed E-state index contributed by atoms with van der Waals surface area (Å²) < 4.78 is 18.1. The number of hydrogen-bond donors (Lipinski definition) is 0. The zero-order valence-electron chi connectivity index (χ0n) is 8.48. The van der Waals surface area contributed by atoms with E-state index in [1.165, 1.54) is 12.1 Å². The summed E-state index contributed by atoms with van der Waals surface area (Å²) in [5.74, 6) is 3.50. The van der Waals surface area contributed by atoms with Gasteiger partial charge in [0.05, 0.1) is 0 Å². The molecule has 0 heterocycles. The van der Waals surface area contributed by atoms with E-state index < -0.39 is 0 Å². The van der Waals surface area contributed by atoms with Gasteiger partial charge in [-0.1, -0.05) is 5.92 Å². The van der Waals surface area contributed by atoms with Gasteiger partial charge in [-0.05, 0) is 48.5 Å². The predicted octanol–water partition coefficient (Wildman–Crippen LogP) is 3.60. The molecule has 0 aliphatic rings. The zero-order valence-corrected chi connectivity index (χ0v) is 8.48. The van der Waals surface area contributed by atoms with Crippen molar-refractivity contribution in [1.29, 1.82) is 0 Å². The van der Waals surface area contributed by atoms with Gasteiger partial charge in [0, 0.05) is 5.56 Å². The standard InChI is InChI=1S/C14H9FO/c1-2-11-3-7-13(8-4-11)16-14-9-5-12(15)6-10-14/h1,3-10H. The number of hydrogen-bond acceptors (Lipinski definition) is 1. The first-order valence-electron chi connectivity index (χ1n) is 4.78. The van der Waals surface area contributed by atoms with Crippen LogP contribution >= 0.6 is 0 Å². The molecule has 2 heteroatoms. The monoisotopic (exact) mass is 212 g/mol. The molecule has 0 aliphatic heterocycles. The van der Waals surface area contributed by atoms with E-state index in [1.54, 1.807) is 36.4 Å². The van der Waals surface area contributed by atoms with Crippen molar-refractivity contribution < 1.29 is 9.13 Å². The molecular weight excluding hydrogens is 203 g/mol. The van der Waals surface area contributed by atoms with Crippen LogP contribution in [0.2, 0.25) is 0 Å². The zero-order chi connectivity index (χ0) is 11.4. The highest BCUT2D eigenvalue weighted by atomic mass is 19.1. The highest BCUT2D eigenvalue weighted by Gasteiger charge is 1.97. The topological polar surface area (TPSA) is 9.23 Å². The molecule has 0 unspecified atom stereocenters. The maximum Gasteiger partial charge on any atom is 0.127 e. The smallest absolute Gasteiger partial charge is 0.127 e. The summed E-state index contributed by atoms with van der Waals surface area (Å²) in [5.41, 5.74) is 0.798. The second-order valence-electron chi connectivity index (χ2n) is 3.22. The Morgan fingerprint density at radius 1 is 0.875 bits per heavy atom. The summed E-state index contributed by atoms with van der Waals surface area (Å²) in [7, 11) is 0. The predicted molar refractivity (Wildman–Crippen MR) is 60.9 cm³/mol. The molecule has 2 aromatic rings. The van der Waals surface area contributed by atoms with Gasteiger partial charge in [-0.15, -0.1) is 6.42 Å². The van der Waals surface area contributed by atoms with Gasteiger partial charge in [0.1, 0.15) is 17.3 Å². The maximum absolute atomic E-state index is 12.6. The summed E-state index contributed by atoms with van der Waals surface area (Å²) in [4.78, 5) is 0. The molecule has 0 saturated heterocycles. The largest absolute Gasteiger partial charge is 0.457 e. The van der Waals surface area contributed by atoms with Crippen LogP contribution in [0.3, 0.4) is 0 Å². The van der Waals surface area contributed by atoms with Crippen molar-refractivity contribution in [2.45, 2.75) is 0 Å². The van der Waals surface area contributed by atoms with Crippen LogP contribution in [0.25, 0.3) is 0 Å². The van der Waals surface area contributed by atoms with Gasteiger partial charge in [-0.25, -0.2) is 4.39 Å². The average molecular weight is 212 g/mol. The average Bonchev–Trinajstić information content (AvgIpc) is 2.33. The van der Waals surface area contributed by atoms with Gasteiger partial charge in [0.15, 0.2) is 0 Å². The third-order valence-electron chi connectivity index (χ3n) is 2.07. The van der Waals surface area contributed by atoms with Crippen LogP contribution in [0.15, 0.2) is 48.5 Å². The second kappa shape index (κ2) is 4.50. The van der Waals surface area contributed by atoms with E-state index >= 15 is 0 Å². The quantitative estimate of drug-likeness (QED) is 0.691. The van der Waals surface area contributed by atoms with Crippen molar-refractivity contribution in [2.24, 2.45) is 0 Å². The molecule has 0 atom stereocenters. The van der Waals surface area contributed by atoms with Crippen LogP contribution in [-0.4, -0.2) is 0 Å². The molecule has 0 bridgehead atoms. The van der Waals surface area contributed by atoms with Crippen molar-refractivity contribution >= 4 is 0 Å². The lowest BCUT2D eigenvalue weighted by molar-refractivity contribution is 0.480. The summed E-state index contributed by atoms with van der Waals surface area (Å²) in [5, 5.41) is 0. The van der Waals surface area contributed by atoms with Gasteiger partial charge in [-0.2, -0.15) is 0 Å². The highest BCUT2D eigenvalue weighted by Crippen LogP contribution is 2.21. The minimum Gasteiger partial charge on any atom is -0.457 e. The van der Waals surface area contributed by atoms with Crippen molar-refractivity contribution in [3.05, 3.63) is 59.9 Å². The Morgan fingerprint density at radius 2 is 1.38 bits per heavy atom. The molecule has 0 amide bonds. The summed E-state index contributed by atoms with van der Waals surface area (Å²) in [6.07, 6.45) is 5.24. The Hall–Kier alpha value is -2.27. The van der Waals surface area contributed by atoms with E-state index in [4.69, 9.17) is 11.2 Å². The molecule has 0 saturated carbocycles. The van der Waals surface area contributed by atoms with Gasteiger partial charge >= 0.3 is 0 Å². The molecule has 0 radical (unpaired) electrons. The number of terminal acetylenes is 1.